The van der Waals surface area contributed by atoms with Crippen LogP contribution in [0.1, 0.15) is 0 Å². The average molecular weight is 170 g/mol. The Balaban J connectivity index is 3.28. The minimum atomic E-state index is -0.159. The molecular weight excluding hydrogens is 162 g/mol. The van der Waals surface area contributed by atoms with Crippen LogP contribution in [0.25, 0.3) is 0 Å². The lowest BCUT2D eigenvalue weighted by Gasteiger charge is -1.90. The van der Waals surface area contributed by atoms with Crippen molar-refractivity contribution in [2.45, 2.75) is 0 Å². The van der Waals surface area contributed by atoms with E-state index < -0.39 is 0 Å². The Morgan fingerprint density at radius 2 is 1.91 bits per heavy atom. The maximum Gasteiger partial charge on any atom is 0.197 e. The van der Waals surface area contributed by atoms with Gasteiger partial charge in [-0.25, -0.2) is 0 Å². The van der Waals surface area contributed by atoms with Crippen LogP contribution in [0.2, 0.25) is 5.02 Å². The maximum absolute atomic E-state index is 10.9. The van der Waals surface area contributed by atoms with Crippen LogP contribution in [-0.4, -0.2) is 7.05 Å². The molecule has 58 valence electrons. The summed E-state index contributed by atoms with van der Waals surface area (Å²) < 4.78 is 0. The summed E-state index contributed by atoms with van der Waals surface area (Å²) in [6.07, 6.45) is 0. The second-order valence-corrected chi connectivity index (χ2v) is 2.49. The predicted molar refractivity (Wildman–Crippen MR) is 47.3 cm³/mol. The Hall–Kier alpha value is -1.02. The van der Waals surface area contributed by atoms with Gasteiger partial charge in [0.15, 0.2) is 5.43 Å². The van der Waals surface area contributed by atoms with Gasteiger partial charge in [0.1, 0.15) is 0 Å². The number of nitrogens with one attached hydrogen (secondary N) is 1. The third kappa shape index (κ3) is 1.95. The molecule has 0 saturated heterocycles. The molecule has 1 rings (SSSR count). The molecule has 0 aliphatic carbocycles. The van der Waals surface area contributed by atoms with Gasteiger partial charge in [0.25, 0.3) is 0 Å². The van der Waals surface area contributed by atoms with Gasteiger partial charge < -0.3 is 5.32 Å². The van der Waals surface area contributed by atoms with E-state index in [0.717, 1.165) is 5.69 Å². The minimum absolute atomic E-state index is 0.159. The first-order valence-corrected chi connectivity index (χ1v) is 3.59. The van der Waals surface area contributed by atoms with Crippen molar-refractivity contribution >= 4 is 17.3 Å². The molecule has 0 bridgehead atoms. The summed E-state index contributed by atoms with van der Waals surface area (Å²) >= 11 is 5.58. The molecule has 0 amide bonds. The first-order valence-electron chi connectivity index (χ1n) is 3.21. The van der Waals surface area contributed by atoms with Crippen LogP contribution in [-0.2, 0) is 0 Å². The maximum atomic E-state index is 10.9. The van der Waals surface area contributed by atoms with Gasteiger partial charge in [0, 0.05) is 12.7 Å². The van der Waals surface area contributed by atoms with Crippen molar-refractivity contribution in [3.63, 3.8) is 0 Å². The van der Waals surface area contributed by atoms with E-state index in [4.69, 9.17) is 11.6 Å². The van der Waals surface area contributed by atoms with Crippen LogP contribution >= 0.6 is 11.6 Å². The molecule has 0 spiro atoms. The average Bonchev–Trinajstić information content (AvgIpc) is 2.16. The van der Waals surface area contributed by atoms with Crippen molar-refractivity contribution in [2.24, 2.45) is 0 Å². The molecule has 1 aromatic rings. The molecule has 0 radical (unpaired) electrons. The van der Waals surface area contributed by atoms with Crippen LogP contribution in [0.5, 0.6) is 0 Å². The lowest BCUT2D eigenvalue weighted by molar-refractivity contribution is 1.54. The Labute approximate surface area is 69.8 Å². The summed E-state index contributed by atoms with van der Waals surface area (Å²) in [5.41, 5.74) is 0.710. The zero-order valence-corrected chi connectivity index (χ0v) is 6.85. The standard InChI is InChI=1S/C8H8ClNO/c1-10-6-2-4-7(9)8(11)5-3-6/h2-5,10H,1H3. The van der Waals surface area contributed by atoms with Crippen LogP contribution in [0.15, 0.2) is 29.1 Å². The summed E-state index contributed by atoms with van der Waals surface area (Å²) in [7, 11) is 1.79. The van der Waals surface area contributed by atoms with Crippen LogP contribution < -0.4 is 10.7 Å². The topological polar surface area (TPSA) is 29.1 Å². The molecule has 11 heavy (non-hydrogen) atoms. The van der Waals surface area contributed by atoms with E-state index >= 15 is 0 Å². The lowest BCUT2D eigenvalue weighted by atomic mass is 10.4. The predicted octanol–water partition coefficient (Wildman–Crippen LogP) is 1.74. The molecule has 1 N–H and O–H groups in total. The molecule has 0 fully saturated rings. The van der Waals surface area contributed by atoms with E-state index in [0.29, 0.717) is 0 Å². The number of hydrogen-bond donors (Lipinski definition) is 1. The Bertz CT molecular complexity index is 311. The molecule has 0 saturated carbocycles. The molecular formula is C8H8ClNO. The van der Waals surface area contributed by atoms with Crippen molar-refractivity contribution in [1.29, 1.82) is 0 Å². The van der Waals surface area contributed by atoms with Gasteiger partial charge >= 0.3 is 0 Å². The van der Waals surface area contributed by atoms with E-state index in [1.807, 2.05) is 0 Å². The van der Waals surface area contributed by atoms with Gasteiger partial charge in [-0.1, -0.05) is 11.6 Å². The highest BCUT2D eigenvalue weighted by atomic mass is 35.5. The number of anilines is 1. The molecule has 0 aliphatic heterocycles. The summed E-state index contributed by atoms with van der Waals surface area (Å²) in [5.74, 6) is 0. The van der Waals surface area contributed by atoms with Crippen molar-refractivity contribution < 1.29 is 0 Å². The number of hydrogen-bond acceptors (Lipinski definition) is 2. The van der Waals surface area contributed by atoms with E-state index in [1.54, 1.807) is 25.2 Å². The first-order chi connectivity index (χ1) is 5.24. The fraction of sp³-hybridized carbons (Fsp3) is 0.125. The highest BCUT2D eigenvalue weighted by molar-refractivity contribution is 6.30. The zero-order chi connectivity index (χ0) is 8.27. The molecule has 1 aromatic carbocycles. The molecule has 0 heterocycles. The van der Waals surface area contributed by atoms with Crippen molar-refractivity contribution in [2.75, 3.05) is 12.4 Å². The van der Waals surface area contributed by atoms with Crippen molar-refractivity contribution in [1.82, 2.24) is 0 Å². The SMILES string of the molecule is CNc1ccc(Cl)c(=O)cc1. The van der Waals surface area contributed by atoms with Crippen LogP contribution in [0, 0.1) is 0 Å². The fourth-order valence-electron chi connectivity index (χ4n) is 0.712. The number of halogens is 1. The third-order valence-electron chi connectivity index (χ3n) is 1.35. The largest absolute Gasteiger partial charge is 0.388 e. The van der Waals surface area contributed by atoms with Gasteiger partial charge in [-0.2, -0.15) is 0 Å². The molecule has 0 unspecified atom stereocenters. The van der Waals surface area contributed by atoms with Crippen LogP contribution in [0.3, 0.4) is 0 Å². The third-order valence-corrected chi connectivity index (χ3v) is 1.66. The fourth-order valence-corrected chi connectivity index (χ4v) is 0.838. The Morgan fingerprint density at radius 1 is 1.27 bits per heavy atom. The minimum Gasteiger partial charge on any atom is -0.388 e. The Morgan fingerprint density at radius 3 is 2.55 bits per heavy atom. The van der Waals surface area contributed by atoms with Crippen molar-refractivity contribution in [3.8, 4) is 0 Å². The van der Waals surface area contributed by atoms with Crippen molar-refractivity contribution in [3.05, 3.63) is 39.5 Å². The smallest absolute Gasteiger partial charge is 0.197 e. The van der Waals surface area contributed by atoms with Gasteiger partial charge in [0.2, 0.25) is 0 Å². The monoisotopic (exact) mass is 169 g/mol. The second-order valence-electron chi connectivity index (χ2n) is 2.08. The molecule has 0 aromatic heterocycles. The summed E-state index contributed by atoms with van der Waals surface area (Å²) in [4.78, 5) is 10.9. The van der Waals surface area contributed by atoms with E-state index in [2.05, 4.69) is 5.32 Å². The van der Waals surface area contributed by atoms with Gasteiger partial charge in [-0.15, -0.1) is 0 Å². The van der Waals surface area contributed by atoms with Gasteiger partial charge in [0.05, 0.1) is 5.02 Å². The zero-order valence-electron chi connectivity index (χ0n) is 6.10. The van der Waals surface area contributed by atoms with Gasteiger partial charge in [-0.3, -0.25) is 4.79 Å². The summed E-state index contributed by atoms with van der Waals surface area (Å²) in [6, 6.07) is 6.46. The second kappa shape index (κ2) is 3.39. The van der Waals surface area contributed by atoms with E-state index in [9.17, 15) is 4.79 Å². The summed E-state index contributed by atoms with van der Waals surface area (Å²) in [6.45, 7) is 0. The summed E-state index contributed by atoms with van der Waals surface area (Å²) in [5, 5.41) is 3.15. The quantitative estimate of drug-likeness (QED) is 0.694. The van der Waals surface area contributed by atoms with Crippen LogP contribution in [0.4, 0.5) is 5.69 Å². The highest BCUT2D eigenvalue weighted by Gasteiger charge is 1.90. The van der Waals surface area contributed by atoms with E-state index in [-0.39, 0.29) is 10.5 Å². The number of rotatable bonds is 1. The van der Waals surface area contributed by atoms with E-state index in [1.165, 1.54) is 6.07 Å². The normalized spacial score (nSPS) is 9.27. The molecule has 0 atom stereocenters. The Kier molecular flexibility index (Phi) is 2.49. The highest BCUT2D eigenvalue weighted by Crippen LogP contribution is 2.05. The lowest BCUT2D eigenvalue weighted by Crippen LogP contribution is -1.92. The van der Waals surface area contributed by atoms with Gasteiger partial charge in [-0.05, 0) is 24.3 Å². The first kappa shape index (κ1) is 8.08. The molecule has 0 aliphatic rings. The molecule has 3 heteroatoms. The molecule has 2 nitrogen and oxygen atoms in total.